The van der Waals surface area contributed by atoms with E-state index in [1.165, 1.54) is 0 Å². The maximum atomic E-state index is 11.2. The van der Waals surface area contributed by atoms with Crippen LogP contribution in [0.5, 0.6) is 0 Å². The third-order valence-electron chi connectivity index (χ3n) is 2.90. The fourth-order valence-electron chi connectivity index (χ4n) is 1.77. The number of carbonyl (C=O) groups is 2. The first-order valence-electron chi connectivity index (χ1n) is 3.94. The van der Waals surface area contributed by atoms with Gasteiger partial charge < -0.3 is 16.4 Å². The first-order valence-corrected chi connectivity index (χ1v) is 3.94. The number of hydrogen-bond donors (Lipinski definition) is 3. The molecule has 0 aliphatic carbocycles. The lowest BCUT2D eigenvalue weighted by molar-refractivity contribution is -0.137. The summed E-state index contributed by atoms with van der Waals surface area (Å²) in [5.41, 5.74) is 4.88. The highest BCUT2D eigenvalue weighted by molar-refractivity contribution is 6.01. The van der Waals surface area contributed by atoms with Crippen molar-refractivity contribution < 1.29 is 9.59 Å². The maximum absolute atomic E-state index is 11.2. The van der Waals surface area contributed by atoms with E-state index >= 15 is 0 Å². The molecule has 0 aromatic rings. The molecule has 0 aromatic heterocycles. The van der Waals surface area contributed by atoms with Crippen LogP contribution in [0.2, 0.25) is 0 Å². The van der Waals surface area contributed by atoms with E-state index in [4.69, 9.17) is 5.73 Å². The number of β-lactam (4-membered cyclic amide) rings is 1. The smallest absolute Gasteiger partial charge is 0.248 e. The van der Waals surface area contributed by atoms with Gasteiger partial charge in [0.2, 0.25) is 11.8 Å². The van der Waals surface area contributed by atoms with Gasteiger partial charge in [-0.3, -0.25) is 9.59 Å². The van der Waals surface area contributed by atoms with Crippen LogP contribution in [0.4, 0.5) is 0 Å². The molecule has 2 amide bonds. The Labute approximate surface area is 69.7 Å². The summed E-state index contributed by atoms with van der Waals surface area (Å²) >= 11 is 0. The van der Waals surface area contributed by atoms with Crippen LogP contribution in [0.15, 0.2) is 0 Å². The second-order valence-electron chi connectivity index (χ2n) is 3.46. The summed E-state index contributed by atoms with van der Waals surface area (Å²) in [6, 6.07) is -0.545. The molecule has 2 heterocycles. The van der Waals surface area contributed by atoms with E-state index in [1.54, 1.807) is 0 Å². The van der Waals surface area contributed by atoms with Gasteiger partial charge in [0.05, 0.1) is 12.6 Å². The number of nitrogens with two attached hydrogens (primary N) is 1. The molecule has 2 rings (SSSR count). The Morgan fingerprint density at radius 3 is 2.42 bits per heavy atom. The van der Waals surface area contributed by atoms with Crippen molar-refractivity contribution in [3.8, 4) is 0 Å². The number of amides is 2. The summed E-state index contributed by atoms with van der Waals surface area (Å²) < 4.78 is 0. The standard InChI is InChI=1S/C7H11N3O2/c1-3-4(8)5(11)10-7(3)2-9-6(7)12/h3-4H,2,8H2,1H3,(H,9,12)(H,10,11)/t3-,4+,7?/m0/s1. The van der Waals surface area contributed by atoms with Crippen LogP contribution in [0.3, 0.4) is 0 Å². The minimum atomic E-state index is -0.698. The Kier molecular flexibility index (Phi) is 1.24. The van der Waals surface area contributed by atoms with E-state index in [-0.39, 0.29) is 17.7 Å². The van der Waals surface area contributed by atoms with Crippen molar-refractivity contribution in [1.82, 2.24) is 10.6 Å². The molecule has 2 saturated heterocycles. The van der Waals surface area contributed by atoms with Crippen molar-refractivity contribution in [3.05, 3.63) is 0 Å². The largest absolute Gasteiger partial charge is 0.351 e. The molecule has 0 saturated carbocycles. The maximum Gasteiger partial charge on any atom is 0.248 e. The van der Waals surface area contributed by atoms with Crippen LogP contribution < -0.4 is 16.4 Å². The highest BCUT2D eigenvalue weighted by Gasteiger charge is 2.59. The van der Waals surface area contributed by atoms with Gasteiger partial charge in [-0.1, -0.05) is 6.92 Å². The van der Waals surface area contributed by atoms with Crippen molar-refractivity contribution in [1.29, 1.82) is 0 Å². The summed E-state index contributed by atoms with van der Waals surface area (Å²) in [6.07, 6.45) is 0. The van der Waals surface area contributed by atoms with Gasteiger partial charge in [0.25, 0.3) is 0 Å². The monoisotopic (exact) mass is 169 g/mol. The van der Waals surface area contributed by atoms with Gasteiger partial charge in [0.1, 0.15) is 5.54 Å². The minimum absolute atomic E-state index is 0.112. The zero-order valence-corrected chi connectivity index (χ0v) is 6.76. The predicted octanol–water partition coefficient (Wildman–Crippen LogP) is -2.05. The summed E-state index contributed by atoms with van der Waals surface area (Å²) in [5.74, 6) is -0.451. The van der Waals surface area contributed by atoms with E-state index in [9.17, 15) is 9.59 Å². The molecule has 4 N–H and O–H groups in total. The van der Waals surface area contributed by atoms with Crippen LogP contribution >= 0.6 is 0 Å². The Hall–Kier alpha value is -1.10. The van der Waals surface area contributed by atoms with Gasteiger partial charge >= 0.3 is 0 Å². The molecule has 5 nitrogen and oxygen atoms in total. The van der Waals surface area contributed by atoms with Crippen LogP contribution in [-0.2, 0) is 9.59 Å². The second kappa shape index (κ2) is 1.98. The molecule has 2 aliphatic rings. The number of carbonyl (C=O) groups excluding carboxylic acids is 2. The fraction of sp³-hybridized carbons (Fsp3) is 0.714. The number of hydrogen-bond acceptors (Lipinski definition) is 3. The normalized spacial score (nSPS) is 45.5. The molecule has 3 atom stereocenters. The number of rotatable bonds is 0. The predicted molar refractivity (Wildman–Crippen MR) is 41.0 cm³/mol. The third-order valence-corrected chi connectivity index (χ3v) is 2.90. The van der Waals surface area contributed by atoms with E-state index in [1.807, 2.05) is 6.92 Å². The van der Waals surface area contributed by atoms with Crippen molar-refractivity contribution in [2.75, 3.05) is 6.54 Å². The average molecular weight is 169 g/mol. The fourth-order valence-corrected chi connectivity index (χ4v) is 1.77. The van der Waals surface area contributed by atoms with Crippen molar-refractivity contribution >= 4 is 11.8 Å². The first kappa shape index (κ1) is 7.54. The van der Waals surface area contributed by atoms with Gasteiger partial charge in [-0.05, 0) is 0 Å². The zero-order chi connectivity index (χ0) is 8.93. The Morgan fingerprint density at radius 1 is 1.58 bits per heavy atom. The summed E-state index contributed by atoms with van der Waals surface area (Å²) in [4.78, 5) is 22.3. The van der Waals surface area contributed by atoms with Gasteiger partial charge in [0, 0.05) is 5.92 Å². The highest BCUT2D eigenvalue weighted by Crippen LogP contribution is 2.30. The summed E-state index contributed by atoms with van der Waals surface area (Å²) in [5, 5.41) is 5.24. The van der Waals surface area contributed by atoms with Gasteiger partial charge in [-0.15, -0.1) is 0 Å². The molecule has 2 aliphatic heterocycles. The van der Waals surface area contributed by atoms with Crippen LogP contribution in [0.25, 0.3) is 0 Å². The molecule has 5 heteroatoms. The van der Waals surface area contributed by atoms with Gasteiger partial charge in [-0.2, -0.15) is 0 Å². The lowest BCUT2D eigenvalue weighted by Gasteiger charge is -2.40. The van der Waals surface area contributed by atoms with E-state index < -0.39 is 11.6 Å². The molecule has 1 spiro atoms. The number of nitrogens with one attached hydrogen (secondary N) is 2. The third kappa shape index (κ3) is 0.621. The molecule has 1 unspecified atom stereocenters. The lowest BCUT2D eigenvalue weighted by atomic mass is 9.79. The molecular formula is C7H11N3O2. The lowest BCUT2D eigenvalue weighted by Crippen LogP contribution is -2.72. The Bertz CT molecular complexity index is 263. The highest BCUT2D eigenvalue weighted by atomic mass is 16.2. The summed E-state index contributed by atoms with van der Waals surface area (Å²) in [6.45, 7) is 2.33. The molecule has 0 radical (unpaired) electrons. The molecular weight excluding hydrogens is 158 g/mol. The van der Waals surface area contributed by atoms with E-state index in [0.717, 1.165) is 0 Å². The van der Waals surface area contributed by atoms with Gasteiger partial charge in [-0.25, -0.2) is 0 Å². The van der Waals surface area contributed by atoms with E-state index in [0.29, 0.717) is 6.54 Å². The van der Waals surface area contributed by atoms with Crippen molar-refractivity contribution in [2.45, 2.75) is 18.5 Å². The topological polar surface area (TPSA) is 84.2 Å². The van der Waals surface area contributed by atoms with Crippen LogP contribution in [0, 0.1) is 5.92 Å². The van der Waals surface area contributed by atoms with Crippen LogP contribution in [0.1, 0.15) is 6.92 Å². The molecule has 0 aromatic carbocycles. The van der Waals surface area contributed by atoms with Crippen LogP contribution in [-0.4, -0.2) is 29.9 Å². The van der Waals surface area contributed by atoms with Gasteiger partial charge in [0.15, 0.2) is 0 Å². The molecule has 0 bridgehead atoms. The molecule has 66 valence electrons. The first-order chi connectivity index (χ1) is 5.58. The average Bonchev–Trinajstić information content (AvgIpc) is 2.29. The zero-order valence-electron chi connectivity index (χ0n) is 6.76. The molecule has 2 fully saturated rings. The van der Waals surface area contributed by atoms with Crippen molar-refractivity contribution in [3.63, 3.8) is 0 Å². The van der Waals surface area contributed by atoms with E-state index in [2.05, 4.69) is 10.6 Å². The Balaban J connectivity index is 2.30. The van der Waals surface area contributed by atoms with Crippen molar-refractivity contribution in [2.24, 2.45) is 11.7 Å². The minimum Gasteiger partial charge on any atom is -0.351 e. The molecule has 12 heavy (non-hydrogen) atoms. The quantitative estimate of drug-likeness (QED) is 0.365. The summed E-state index contributed by atoms with van der Waals surface area (Å²) in [7, 11) is 0. The SMILES string of the molecule is C[C@H]1[C@@H](N)C(=O)NC12CNC2=O. The Morgan fingerprint density at radius 2 is 2.25 bits per heavy atom. The second-order valence-corrected chi connectivity index (χ2v) is 3.46.